The lowest BCUT2D eigenvalue weighted by atomic mass is 9.97. The van der Waals surface area contributed by atoms with Crippen LogP contribution < -0.4 is 9.84 Å². The molecule has 1 aliphatic rings. The number of halogens is 3. The van der Waals surface area contributed by atoms with E-state index in [0.29, 0.717) is 16.5 Å². The standard InChI is InChI=1S/C14H9F3O4/c1-6-8-2-3-20-10(8)5-7-4-9(13(18)19)12(14(15,16)17)21-11(6)7/h2-5,12H,1H3,(H,18,19)/p-1. The predicted octanol–water partition coefficient (Wildman–Crippen LogP) is 2.20. The third kappa shape index (κ3) is 2.05. The summed E-state index contributed by atoms with van der Waals surface area (Å²) in [6, 6.07) is 3.04. The van der Waals surface area contributed by atoms with Crippen molar-refractivity contribution in [3.05, 3.63) is 35.1 Å². The second kappa shape index (κ2) is 4.28. The van der Waals surface area contributed by atoms with Gasteiger partial charge in [0, 0.05) is 22.1 Å². The number of carboxylic acids is 1. The lowest BCUT2D eigenvalue weighted by Crippen LogP contribution is -2.44. The zero-order valence-electron chi connectivity index (χ0n) is 10.7. The fraction of sp³-hybridized carbons (Fsp3) is 0.214. The molecule has 1 atom stereocenters. The van der Waals surface area contributed by atoms with Crippen LogP contribution in [0, 0.1) is 6.92 Å². The molecule has 3 rings (SSSR count). The normalized spacial score (nSPS) is 18.1. The largest absolute Gasteiger partial charge is 0.545 e. The quantitative estimate of drug-likeness (QED) is 0.809. The van der Waals surface area contributed by atoms with E-state index in [1.807, 2.05) is 0 Å². The molecule has 110 valence electrons. The van der Waals surface area contributed by atoms with Gasteiger partial charge in [0.1, 0.15) is 11.3 Å². The van der Waals surface area contributed by atoms with Crippen molar-refractivity contribution in [3.8, 4) is 5.75 Å². The summed E-state index contributed by atoms with van der Waals surface area (Å²) in [5, 5.41) is 11.5. The van der Waals surface area contributed by atoms with Crippen molar-refractivity contribution >= 4 is 23.0 Å². The number of benzene rings is 1. The molecule has 0 bridgehead atoms. The van der Waals surface area contributed by atoms with Gasteiger partial charge in [0.05, 0.1) is 12.2 Å². The Bertz CT molecular complexity index is 770. The summed E-state index contributed by atoms with van der Waals surface area (Å²) in [5.41, 5.74) is 0.156. The molecule has 0 saturated heterocycles. The number of carboxylic acid groups (broad SMARTS) is 1. The lowest BCUT2D eigenvalue weighted by molar-refractivity contribution is -0.302. The molecule has 0 aliphatic carbocycles. The molecule has 2 aromatic rings. The second-order valence-electron chi connectivity index (χ2n) is 4.68. The van der Waals surface area contributed by atoms with Gasteiger partial charge in [-0.2, -0.15) is 13.2 Å². The van der Waals surface area contributed by atoms with E-state index in [2.05, 4.69) is 0 Å². The zero-order chi connectivity index (χ0) is 15.4. The van der Waals surface area contributed by atoms with Gasteiger partial charge in [-0.3, -0.25) is 0 Å². The maximum Gasteiger partial charge on any atom is 0.429 e. The molecule has 2 heterocycles. The zero-order valence-corrected chi connectivity index (χ0v) is 10.7. The first-order valence-electron chi connectivity index (χ1n) is 5.96. The maximum atomic E-state index is 13.0. The number of aryl methyl sites for hydroxylation is 1. The van der Waals surface area contributed by atoms with Crippen molar-refractivity contribution < 1.29 is 32.2 Å². The van der Waals surface area contributed by atoms with Gasteiger partial charge in [-0.25, -0.2) is 0 Å². The summed E-state index contributed by atoms with van der Waals surface area (Å²) in [6.07, 6.45) is -5.07. The summed E-state index contributed by atoms with van der Waals surface area (Å²) >= 11 is 0. The van der Waals surface area contributed by atoms with Crippen molar-refractivity contribution in [2.75, 3.05) is 0 Å². The van der Waals surface area contributed by atoms with Gasteiger partial charge < -0.3 is 19.1 Å². The van der Waals surface area contributed by atoms with Crippen LogP contribution in [-0.2, 0) is 4.79 Å². The minimum Gasteiger partial charge on any atom is -0.545 e. The van der Waals surface area contributed by atoms with Crippen molar-refractivity contribution in [1.82, 2.24) is 0 Å². The Labute approximate surface area is 116 Å². The van der Waals surface area contributed by atoms with Crippen LogP contribution in [-0.4, -0.2) is 18.2 Å². The molecular weight excluding hydrogens is 289 g/mol. The molecule has 1 aromatic carbocycles. The minimum absolute atomic E-state index is 0.00350. The third-order valence-electron chi connectivity index (χ3n) is 3.35. The summed E-state index contributed by atoms with van der Waals surface area (Å²) in [5.74, 6) is -1.92. The summed E-state index contributed by atoms with van der Waals surface area (Å²) < 4.78 is 49.0. The number of hydrogen-bond donors (Lipinski definition) is 0. The fourth-order valence-corrected chi connectivity index (χ4v) is 2.39. The average Bonchev–Trinajstić information content (AvgIpc) is 2.84. The Kier molecular flexibility index (Phi) is 2.76. The molecule has 4 nitrogen and oxygen atoms in total. The highest BCUT2D eigenvalue weighted by atomic mass is 19.4. The van der Waals surface area contributed by atoms with Crippen molar-refractivity contribution in [2.24, 2.45) is 0 Å². The van der Waals surface area contributed by atoms with Crippen LogP contribution in [0.4, 0.5) is 13.2 Å². The molecule has 0 spiro atoms. The highest BCUT2D eigenvalue weighted by Crippen LogP contribution is 2.41. The first-order valence-corrected chi connectivity index (χ1v) is 5.96. The van der Waals surface area contributed by atoms with Gasteiger partial charge in [0.15, 0.2) is 0 Å². The lowest BCUT2D eigenvalue weighted by Gasteiger charge is -2.30. The summed E-state index contributed by atoms with van der Waals surface area (Å²) in [4.78, 5) is 10.9. The van der Waals surface area contributed by atoms with Crippen molar-refractivity contribution in [2.45, 2.75) is 19.2 Å². The first kappa shape index (κ1) is 13.5. The van der Waals surface area contributed by atoms with Crippen LogP contribution >= 0.6 is 0 Å². The highest BCUT2D eigenvalue weighted by Gasteiger charge is 2.46. The van der Waals surface area contributed by atoms with E-state index in [0.717, 1.165) is 6.08 Å². The van der Waals surface area contributed by atoms with Crippen LogP contribution in [0.15, 0.2) is 28.4 Å². The Morgan fingerprint density at radius 2 is 2.10 bits per heavy atom. The van der Waals surface area contributed by atoms with Crippen molar-refractivity contribution in [3.63, 3.8) is 0 Å². The molecule has 0 fully saturated rings. The Morgan fingerprint density at radius 3 is 2.71 bits per heavy atom. The van der Waals surface area contributed by atoms with Crippen LogP contribution in [0.1, 0.15) is 11.1 Å². The monoisotopic (exact) mass is 297 g/mol. The van der Waals surface area contributed by atoms with Gasteiger partial charge in [0.2, 0.25) is 6.10 Å². The summed E-state index contributed by atoms with van der Waals surface area (Å²) in [7, 11) is 0. The number of alkyl halides is 3. The van der Waals surface area contributed by atoms with Gasteiger partial charge in [-0.05, 0) is 25.1 Å². The van der Waals surface area contributed by atoms with Gasteiger partial charge in [0.25, 0.3) is 0 Å². The number of carbonyl (C=O) groups excluding carboxylic acids is 1. The number of carbonyl (C=O) groups is 1. The molecule has 0 saturated carbocycles. The molecule has 21 heavy (non-hydrogen) atoms. The SMILES string of the molecule is Cc1c2c(cc3occc13)C=C(C(=O)[O-])C(C(F)(F)F)O2. The predicted molar refractivity (Wildman–Crippen MR) is 64.4 cm³/mol. The van der Waals surface area contributed by atoms with Gasteiger partial charge >= 0.3 is 6.18 Å². The fourth-order valence-electron chi connectivity index (χ4n) is 2.39. The molecule has 1 aliphatic heterocycles. The number of rotatable bonds is 1. The third-order valence-corrected chi connectivity index (χ3v) is 3.35. The first-order chi connectivity index (χ1) is 9.79. The molecule has 0 radical (unpaired) electrons. The van der Waals surface area contributed by atoms with Crippen LogP contribution in [0.3, 0.4) is 0 Å². The number of furan rings is 1. The Morgan fingerprint density at radius 1 is 1.38 bits per heavy atom. The van der Waals surface area contributed by atoms with E-state index in [9.17, 15) is 23.1 Å². The average molecular weight is 297 g/mol. The number of hydrogen-bond acceptors (Lipinski definition) is 4. The van der Waals surface area contributed by atoms with Crippen LogP contribution in [0.5, 0.6) is 5.75 Å². The molecule has 1 aromatic heterocycles. The van der Waals surface area contributed by atoms with Gasteiger partial charge in [-0.15, -0.1) is 0 Å². The van der Waals surface area contributed by atoms with Crippen LogP contribution in [0.2, 0.25) is 0 Å². The number of aliphatic carboxylic acids is 1. The smallest absolute Gasteiger partial charge is 0.429 e. The molecule has 7 heteroatoms. The molecule has 0 amide bonds. The Hall–Kier alpha value is -2.44. The van der Waals surface area contributed by atoms with E-state index in [1.165, 1.54) is 12.3 Å². The Balaban J connectivity index is 2.25. The van der Waals surface area contributed by atoms with Crippen LogP contribution in [0.25, 0.3) is 17.0 Å². The molecule has 0 N–H and O–H groups in total. The highest BCUT2D eigenvalue weighted by molar-refractivity contribution is 5.96. The molecular formula is C14H8F3O4-. The second-order valence-corrected chi connectivity index (χ2v) is 4.68. The van der Waals surface area contributed by atoms with Crippen molar-refractivity contribution in [1.29, 1.82) is 0 Å². The maximum absolute atomic E-state index is 13.0. The van der Waals surface area contributed by atoms with E-state index >= 15 is 0 Å². The summed E-state index contributed by atoms with van der Waals surface area (Å²) in [6.45, 7) is 1.59. The number of ether oxygens (including phenoxy) is 1. The van der Waals surface area contributed by atoms with E-state index in [-0.39, 0.29) is 11.3 Å². The molecule has 1 unspecified atom stereocenters. The number of fused-ring (bicyclic) bond motifs is 2. The van der Waals surface area contributed by atoms with E-state index in [1.54, 1.807) is 13.0 Å². The van der Waals surface area contributed by atoms with Gasteiger partial charge in [-0.1, -0.05) is 0 Å². The topological polar surface area (TPSA) is 62.5 Å². The van der Waals surface area contributed by atoms with E-state index in [4.69, 9.17) is 9.15 Å². The minimum atomic E-state index is -4.85. The van der Waals surface area contributed by atoms with E-state index < -0.39 is 23.8 Å².